The molecule has 1 saturated heterocycles. The first-order chi connectivity index (χ1) is 14.3. The van der Waals surface area contributed by atoms with Gasteiger partial charge in [0.1, 0.15) is 17.3 Å². The van der Waals surface area contributed by atoms with E-state index in [4.69, 9.17) is 24.2 Å². The van der Waals surface area contributed by atoms with Gasteiger partial charge in [-0.25, -0.2) is 4.98 Å². The summed E-state index contributed by atoms with van der Waals surface area (Å²) in [6, 6.07) is 17.7. The van der Waals surface area contributed by atoms with Gasteiger partial charge in [-0.1, -0.05) is 30.3 Å². The van der Waals surface area contributed by atoms with Gasteiger partial charge in [0.25, 0.3) is 0 Å². The number of morpholine rings is 1. The molecule has 7 nitrogen and oxygen atoms in total. The molecule has 0 aliphatic carbocycles. The molecule has 29 heavy (non-hydrogen) atoms. The second kappa shape index (κ2) is 8.79. The van der Waals surface area contributed by atoms with Crippen LogP contribution in [0.5, 0.6) is 11.5 Å². The predicted molar refractivity (Wildman–Crippen MR) is 113 cm³/mol. The van der Waals surface area contributed by atoms with E-state index in [9.17, 15) is 0 Å². The van der Waals surface area contributed by atoms with Crippen LogP contribution in [0.4, 0.5) is 17.5 Å². The van der Waals surface area contributed by atoms with Crippen molar-refractivity contribution in [3.63, 3.8) is 0 Å². The fourth-order valence-corrected chi connectivity index (χ4v) is 3.22. The Bertz CT molecular complexity index is 960. The highest BCUT2D eigenvalue weighted by Crippen LogP contribution is 2.32. The predicted octanol–water partition coefficient (Wildman–Crippen LogP) is 3.74. The summed E-state index contributed by atoms with van der Waals surface area (Å²) >= 11 is 0. The lowest BCUT2D eigenvalue weighted by Crippen LogP contribution is -2.36. The first-order valence-electron chi connectivity index (χ1n) is 9.53. The van der Waals surface area contributed by atoms with Crippen LogP contribution in [0.3, 0.4) is 0 Å². The molecule has 1 aliphatic heterocycles. The molecule has 2 heterocycles. The Balaban J connectivity index is 1.72. The zero-order chi connectivity index (χ0) is 20.1. The lowest BCUT2D eigenvalue weighted by Gasteiger charge is -2.28. The van der Waals surface area contributed by atoms with Crippen molar-refractivity contribution in [1.29, 1.82) is 0 Å². The van der Waals surface area contributed by atoms with Crippen molar-refractivity contribution >= 4 is 17.5 Å². The molecule has 1 fully saturated rings. The number of rotatable bonds is 6. The van der Waals surface area contributed by atoms with Crippen molar-refractivity contribution in [2.24, 2.45) is 0 Å². The Morgan fingerprint density at radius 3 is 2.45 bits per heavy atom. The molecule has 7 heteroatoms. The Morgan fingerprint density at radius 2 is 1.72 bits per heavy atom. The fourth-order valence-electron chi connectivity index (χ4n) is 3.22. The van der Waals surface area contributed by atoms with Crippen LogP contribution in [0.1, 0.15) is 0 Å². The van der Waals surface area contributed by atoms with E-state index in [-0.39, 0.29) is 0 Å². The van der Waals surface area contributed by atoms with Crippen molar-refractivity contribution in [3.05, 3.63) is 54.6 Å². The lowest BCUT2D eigenvalue weighted by molar-refractivity contribution is 0.122. The SMILES string of the molecule is COc1ccc(Nc2nc(-c3ccccc3)cc(N3CCOCC3)n2)c(OC)c1. The van der Waals surface area contributed by atoms with Crippen molar-refractivity contribution in [2.75, 3.05) is 50.7 Å². The zero-order valence-corrected chi connectivity index (χ0v) is 16.6. The monoisotopic (exact) mass is 392 g/mol. The average Bonchev–Trinajstić information content (AvgIpc) is 2.80. The molecular weight excluding hydrogens is 368 g/mol. The summed E-state index contributed by atoms with van der Waals surface area (Å²) in [6.45, 7) is 2.99. The Hall–Kier alpha value is -3.32. The van der Waals surface area contributed by atoms with E-state index in [0.717, 1.165) is 41.6 Å². The molecule has 0 amide bonds. The maximum atomic E-state index is 5.50. The zero-order valence-electron chi connectivity index (χ0n) is 16.6. The number of nitrogens with zero attached hydrogens (tertiary/aromatic N) is 3. The van der Waals surface area contributed by atoms with Crippen LogP contribution < -0.4 is 19.7 Å². The highest BCUT2D eigenvalue weighted by atomic mass is 16.5. The van der Waals surface area contributed by atoms with Crippen LogP contribution in [0.25, 0.3) is 11.3 Å². The number of methoxy groups -OCH3 is 2. The van der Waals surface area contributed by atoms with E-state index >= 15 is 0 Å². The van der Waals surface area contributed by atoms with Crippen LogP contribution in [-0.4, -0.2) is 50.5 Å². The molecule has 0 saturated carbocycles. The number of benzene rings is 2. The van der Waals surface area contributed by atoms with Crippen LogP contribution in [-0.2, 0) is 4.74 Å². The van der Waals surface area contributed by atoms with Gasteiger partial charge in [-0.2, -0.15) is 4.98 Å². The summed E-state index contributed by atoms with van der Waals surface area (Å²) in [5.41, 5.74) is 2.66. The number of ether oxygens (including phenoxy) is 3. The number of nitrogens with one attached hydrogen (secondary N) is 1. The normalized spacial score (nSPS) is 13.8. The third-order valence-electron chi connectivity index (χ3n) is 4.77. The van der Waals surface area contributed by atoms with Gasteiger partial charge in [-0.15, -0.1) is 0 Å². The van der Waals surface area contributed by atoms with E-state index in [0.29, 0.717) is 24.9 Å². The quantitative estimate of drug-likeness (QED) is 0.685. The fraction of sp³-hybridized carbons (Fsp3) is 0.273. The van der Waals surface area contributed by atoms with Gasteiger partial charge >= 0.3 is 0 Å². The maximum absolute atomic E-state index is 5.50. The van der Waals surface area contributed by atoms with E-state index in [1.54, 1.807) is 14.2 Å². The molecular formula is C22H24N4O3. The molecule has 2 aromatic carbocycles. The topological polar surface area (TPSA) is 68.7 Å². The molecule has 1 N–H and O–H groups in total. The summed E-state index contributed by atoms with van der Waals surface area (Å²) < 4.78 is 16.3. The summed E-state index contributed by atoms with van der Waals surface area (Å²) in [7, 11) is 3.25. The molecule has 150 valence electrons. The molecule has 0 atom stereocenters. The maximum Gasteiger partial charge on any atom is 0.229 e. The van der Waals surface area contributed by atoms with Gasteiger partial charge < -0.3 is 24.4 Å². The molecule has 0 radical (unpaired) electrons. The van der Waals surface area contributed by atoms with Gasteiger partial charge in [0.05, 0.1) is 38.8 Å². The highest BCUT2D eigenvalue weighted by Gasteiger charge is 2.16. The van der Waals surface area contributed by atoms with Gasteiger partial charge in [-0.05, 0) is 12.1 Å². The van der Waals surface area contributed by atoms with Crippen molar-refractivity contribution < 1.29 is 14.2 Å². The standard InChI is InChI=1S/C22H24N4O3/c1-27-17-8-9-18(20(14-17)28-2)23-22-24-19(16-6-4-3-5-7-16)15-21(25-22)26-10-12-29-13-11-26/h3-9,14-15H,10-13H2,1-2H3,(H,23,24,25). The van der Waals surface area contributed by atoms with Gasteiger partial charge in [0, 0.05) is 30.8 Å². The minimum absolute atomic E-state index is 0.510. The van der Waals surface area contributed by atoms with E-state index in [1.165, 1.54) is 0 Å². The van der Waals surface area contributed by atoms with Gasteiger partial charge in [0.15, 0.2) is 0 Å². The number of hydrogen-bond acceptors (Lipinski definition) is 7. The minimum Gasteiger partial charge on any atom is -0.497 e. The van der Waals surface area contributed by atoms with Crippen LogP contribution in [0.15, 0.2) is 54.6 Å². The van der Waals surface area contributed by atoms with Gasteiger partial charge in [-0.3, -0.25) is 0 Å². The highest BCUT2D eigenvalue weighted by molar-refractivity contribution is 5.69. The lowest BCUT2D eigenvalue weighted by atomic mass is 10.1. The third-order valence-corrected chi connectivity index (χ3v) is 4.77. The van der Waals surface area contributed by atoms with Gasteiger partial charge in [0.2, 0.25) is 5.95 Å². The van der Waals surface area contributed by atoms with E-state index < -0.39 is 0 Å². The van der Waals surface area contributed by atoms with Crippen molar-refractivity contribution in [2.45, 2.75) is 0 Å². The van der Waals surface area contributed by atoms with Crippen molar-refractivity contribution in [3.8, 4) is 22.8 Å². The summed E-state index contributed by atoms with van der Waals surface area (Å²) in [6.07, 6.45) is 0. The molecule has 3 aromatic rings. The minimum atomic E-state index is 0.510. The molecule has 1 aliphatic rings. The summed E-state index contributed by atoms with van der Waals surface area (Å²) in [5, 5.41) is 3.30. The van der Waals surface area contributed by atoms with Crippen LogP contribution in [0.2, 0.25) is 0 Å². The smallest absolute Gasteiger partial charge is 0.229 e. The van der Waals surface area contributed by atoms with Crippen LogP contribution >= 0.6 is 0 Å². The first-order valence-corrected chi connectivity index (χ1v) is 9.53. The molecule has 0 bridgehead atoms. The second-order valence-corrected chi connectivity index (χ2v) is 6.59. The summed E-state index contributed by atoms with van der Waals surface area (Å²) in [5.74, 6) is 2.76. The summed E-state index contributed by atoms with van der Waals surface area (Å²) in [4.78, 5) is 11.7. The number of aromatic nitrogens is 2. The van der Waals surface area contributed by atoms with Crippen molar-refractivity contribution in [1.82, 2.24) is 9.97 Å². The largest absolute Gasteiger partial charge is 0.497 e. The number of hydrogen-bond donors (Lipinski definition) is 1. The van der Waals surface area contributed by atoms with Crippen LogP contribution in [0, 0.1) is 0 Å². The Labute approximate surface area is 170 Å². The van der Waals surface area contributed by atoms with E-state index in [1.807, 2.05) is 54.6 Å². The Morgan fingerprint density at radius 1 is 0.931 bits per heavy atom. The Kier molecular flexibility index (Phi) is 5.76. The average molecular weight is 392 g/mol. The first kappa shape index (κ1) is 19.0. The van der Waals surface area contributed by atoms with E-state index in [2.05, 4.69) is 10.2 Å². The third kappa shape index (κ3) is 4.41. The second-order valence-electron chi connectivity index (χ2n) is 6.59. The molecule has 4 rings (SSSR count). The number of anilines is 3. The molecule has 0 unspecified atom stereocenters. The molecule has 1 aromatic heterocycles. The molecule has 0 spiro atoms.